The van der Waals surface area contributed by atoms with Gasteiger partial charge in [0.05, 0.1) is 11.8 Å². The number of rotatable bonds is 4. The molecule has 0 aromatic carbocycles. The van der Waals surface area contributed by atoms with Gasteiger partial charge in [0.1, 0.15) is 0 Å². The van der Waals surface area contributed by atoms with E-state index in [0.717, 1.165) is 5.69 Å². The van der Waals surface area contributed by atoms with E-state index in [2.05, 4.69) is 44.9 Å². The number of amides is 1. The number of aromatic nitrogens is 2. The van der Waals surface area contributed by atoms with Crippen molar-refractivity contribution in [2.45, 2.75) is 60.0 Å². The van der Waals surface area contributed by atoms with Crippen LogP contribution in [0.5, 0.6) is 6.01 Å². The van der Waals surface area contributed by atoms with Crippen LogP contribution in [0.3, 0.4) is 0 Å². The highest BCUT2D eigenvalue weighted by Crippen LogP contribution is 2.24. The summed E-state index contributed by atoms with van der Waals surface area (Å²) in [4.78, 5) is 16.7. The van der Waals surface area contributed by atoms with E-state index in [1.807, 2.05) is 13.8 Å². The molecule has 1 amide bonds. The first-order valence-corrected chi connectivity index (χ1v) is 7.16. The summed E-state index contributed by atoms with van der Waals surface area (Å²) in [5.41, 5.74) is 0.714. The van der Waals surface area contributed by atoms with Crippen molar-refractivity contribution < 1.29 is 9.53 Å². The molecule has 1 rings (SSSR count). The number of hydrogen-bond donors (Lipinski definition) is 1. The molecular weight excluding hydrogens is 254 g/mol. The fraction of sp³-hybridized carbons (Fsp3) is 0.733. The molecule has 0 saturated heterocycles. The molecule has 5 nitrogen and oxygen atoms in total. The molecule has 1 N–H and O–H groups in total. The molecule has 0 spiro atoms. The van der Waals surface area contributed by atoms with E-state index >= 15 is 0 Å². The van der Waals surface area contributed by atoms with E-state index in [9.17, 15) is 4.79 Å². The van der Waals surface area contributed by atoms with Crippen molar-refractivity contribution in [1.29, 1.82) is 0 Å². The van der Waals surface area contributed by atoms with Crippen LogP contribution < -0.4 is 10.1 Å². The molecular formula is C15H27N3O2. The predicted octanol–water partition coefficient (Wildman–Crippen LogP) is 3.18. The maximum Gasteiger partial charge on any atom is 0.329 e. The van der Waals surface area contributed by atoms with Gasteiger partial charge in [-0.25, -0.2) is 9.36 Å². The fourth-order valence-corrected chi connectivity index (χ4v) is 1.54. The predicted molar refractivity (Wildman–Crippen MR) is 80.3 cm³/mol. The van der Waals surface area contributed by atoms with Crippen LogP contribution in [0.2, 0.25) is 0 Å². The van der Waals surface area contributed by atoms with E-state index in [4.69, 9.17) is 4.74 Å². The molecule has 0 aliphatic heterocycles. The van der Waals surface area contributed by atoms with E-state index in [1.165, 1.54) is 4.57 Å². The van der Waals surface area contributed by atoms with Crippen LogP contribution in [0.25, 0.3) is 0 Å². The summed E-state index contributed by atoms with van der Waals surface area (Å²) in [6, 6.07) is 0.156. The summed E-state index contributed by atoms with van der Waals surface area (Å²) in [6.45, 7) is 14.8. The van der Waals surface area contributed by atoms with Crippen molar-refractivity contribution in [3.8, 4) is 6.01 Å². The van der Waals surface area contributed by atoms with E-state index < -0.39 is 0 Å². The molecule has 0 atom stereocenters. The number of hydrogen-bond acceptors (Lipinski definition) is 3. The summed E-state index contributed by atoms with van der Waals surface area (Å²) >= 11 is 0. The zero-order valence-electron chi connectivity index (χ0n) is 13.7. The van der Waals surface area contributed by atoms with Gasteiger partial charge in [-0.2, -0.15) is 4.98 Å². The summed E-state index contributed by atoms with van der Waals surface area (Å²) < 4.78 is 7.10. The van der Waals surface area contributed by atoms with Gasteiger partial charge in [0, 0.05) is 18.2 Å². The Kier molecular flexibility index (Phi) is 5.20. The standard InChI is InChI=1S/C15H27N3O2/c1-10(2)8-16-13(19)18-9-12(15(5,6)7)17-14(18)20-11(3)4/h9-11H,8H2,1-7H3,(H,16,19). The normalized spacial score (nSPS) is 12.1. The highest BCUT2D eigenvalue weighted by Gasteiger charge is 2.23. The molecule has 0 aliphatic carbocycles. The van der Waals surface area contributed by atoms with Gasteiger partial charge >= 0.3 is 12.0 Å². The lowest BCUT2D eigenvalue weighted by Gasteiger charge is -2.13. The minimum absolute atomic E-state index is 0.0260. The third-order valence-electron chi connectivity index (χ3n) is 2.66. The highest BCUT2D eigenvalue weighted by atomic mass is 16.5. The number of carbonyl (C=O) groups excluding carboxylic acids is 1. The van der Waals surface area contributed by atoms with Crippen molar-refractivity contribution in [2.24, 2.45) is 5.92 Å². The van der Waals surface area contributed by atoms with Gasteiger partial charge in [0.15, 0.2) is 0 Å². The van der Waals surface area contributed by atoms with Crippen LogP contribution in [-0.2, 0) is 5.41 Å². The molecule has 0 aliphatic rings. The van der Waals surface area contributed by atoms with Crippen LogP contribution in [0.1, 0.15) is 54.2 Å². The van der Waals surface area contributed by atoms with Crippen molar-refractivity contribution in [2.75, 3.05) is 6.54 Å². The molecule has 0 saturated carbocycles. The van der Waals surface area contributed by atoms with Gasteiger partial charge in [-0.05, 0) is 19.8 Å². The Labute approximate surface area is 121 Å². The summed E-state index contributed by atoms with van der Waals surface area (Å²) in [7, 11) is 0. The molecule has 1 aromatic rings. The minimum Gasteiger partial charge on any atom is -0.462 e. The van der Waals surface area contributed by atoms with Gasteiger partial charge in [0.25, 0.3) is 0 Å². The molecule has 0 bridgehead atoms. The number of nitrogens with one attached hydrogen (secondary N) is 1. The van der Waals surface area contributed by atoms with Crippen molar-refractivity contribution in [3.05, 3.63) is 11.9 Å². The lowest BCUT2D eigenvalue weighted by molar-refractivity contribution is 0.206. The van der Waals surface area contributed by atoms with Gasteiger partial charge in [-0.3, -0.25) is 0 Å². The topological polar surface area (TPSA) is 56.2 Å². The number of ether oxygens (including phenoxy) is 1. The van der Waals surface area contributed by atoms with E-state index in [1.54, 1.807) is 6.20 Å². The van der Waals surface area contributed by atoms with Crippen LogP contribution in [-0.4, -0.2) is 28.2 Å². The molecule has 1 aromatic heterocycles. The average molecular weight is 281 g/mol. The van der Waals surface area contributed by atoms with Crippen LogP contribution in [0.4, 0.5) is 4.79 Å². The second-order valence-corrected chi connectivity index (χ2v) is 6.78. The third kappa shape index (κ3) is 4.54. The Balaban J connectivity index is 3.02. The molecule has 5 heteroatoms. The molecule has 0 fully saturated rings. The molecule has 0 radical (unpaired) electrons. The van der Waals surface area contributed by atoms with Crippen LogP contribution in [0.15, 0.2) is 6.20 Å². The quantitative estimate of drug-likeness (QED) is 0.922. The third-order valence-corrected chi connectivity index (χ3v) is 2.66. The average Bonchev–Trinajstić information content (AvgIpc) is 2.68. The first kappa shape index (κ1) is 16.5. The number of imidazole rings is 1. The van der Waals surface area contributed by atoms with Crippen LogP contribution >= 0.6 is 0 Å². The molecule has 0 unspecified atom stereocenters. The lowest BCUT2D eigenvalue weighted by atomic mass is 9.93. The summed E-state index contributed by atoms with van der Waals surface area (Å²) in [5.74, 6) is 0.402. The van der Waals surface area contributed by atoms with Gasteiger partial charge in [-0.1, -0.05) is 34.6 Å². The second-order valence-electron chi connectivity index (χ2n) is 6.78. The van der Waals surface area contributed by atoms with Gasteiger partial charge in [0.2, 0.25) is 0 Å². The highest BCUT2D eigenvalue weighted by molar-refractivity contribution is 5.78. The van der Waals surface area contributed by atoms with Crippen molar-refractivity contribution >= 4 is 6.03 Å². The Bertz CT molecular complexity index is 456. The zero-order valence-corrected chi connectivity index (χ0v) is 13.7. The lowest BCUT2D eigenvalue weighted by Crippen LogP contribution is -2.32. The first-order chi connectivity index (χ1) is 9.11. The minimum atomic E-state index is -0.197. The van der Waals surface area contributed by atoms with Crippen molar-refractivity contribution in [1.82, 2.24) is 14.9 Å². The summed E-state index contributed by atoms with van der Waals surface area (Å²) in [5, 5.41) is 2.88. The number of carbonyl (C=O) groups is 1. The molecule has 114 valence electrons. The van der Waals surface area contributed by atoms with E-state index in [0.29, 0.717) is 18.5 Å². The Morgan fingerprint density at radius 3 is 2.40 bits per heavy atom. The van der Waals surface area contributed by atoms with Crippen molar-refractivity contribution in [3.63, 3.8) is 0 Å². The Hall–Kier alpha value is -1.52. The fourth-order valence-electron chi connectivity index (χ4n) is 1.54. The smallest absolute Gasteiger partial charge is 0.329 e. The summed E-state index contributed by atoms with van der Waals surface area (Å²) in [6.07, 6.45) is 1.73. The number of nitrogens with zero attached hydrogens (tertiary/aromatic N) is 2. The van der Waals surface area contributed by atoms with Crippen LogP contribution in [0, 0.1) is 5.92 Å². The first-order valence-electron chi connectivity index (χ1n) is 7.16. The SMILES string of the molecule is CC(C)CNC(=O)n1cc(C(C)(C)C)nc1OC(C)C. The van der Waals surface area contributed by atoms with Gasteiger partial charge < -0.3 is 10.1 Å². The monoisotopic (exact) mass is 281 g/mol. The maximum absolute atomic E-state index is 12.2. The maximum atomic E-state index is 12.2. The molecule has 20 heavy (non-hydrogen) atoms. The van der Waals surface area contributed by atoms with Gasteiger partial charge in [-0.15, -0.1) is 0 Å². The van der Waals surface area contributed by atoms with E-state index in [-0.39, 0.29) is 17.6 Å². The second kappa shape index (κ2) is 6.29. The molecule has 1 heterocycles. The Morgan fingerprint density at radius 1 is 1.35 bits per heavy atom. The zero-order chi connectivity index (χ0) is 15.5. The Morgan fingerprint density at radius 2 is 1.95 bits per heavy atom. The largest absolute Gasteiger partial charge is 0.462 e.